The Morgan fingerprint density at radius 1 is 1.09 bits per heavy atom. The first kappa shape index (κ1) is 17.1. The molecule has 1 atom stereocenters. The molecular weight excluding hydrogens is 286 g/mol. The number of ether oxygens (including phenoxy) is 1. The first-order chi connectivity index (χ1) is 11.1. The molecule has 0 aliphatic rings. The minimum Gasteiger partial charge on any atom is -0.497 e. The van der Waals surface area contributed by atoms with Gasteiger partial charge in [0.2, 0.25) is 5.91 Å². The normalized spacial score (nSPS) is 11.8. The predicted molar refractivity (Wildman–Crippen MR) is 93.7 cm³/mol. The Hall–Kier alpha value is -2.29. The Morgan fingerprint density at radius 2 is 1.74 bits per heavy atom. The molecule has 0 radical (unpaired) electrons. The molecule has 122 valence electrons. The van der Waals surface area contributed by atoms with Crippen molar-refractivity contribution in [3.05, 3.63) is 65.2 Å². The zero-order valence-corrected chi connectivity index (χ0v) is 14.1. The standard InChI is InChI=1S/C20H25NO2/c1-4-19(17-10-5-15(2)6-11-17)21-20(22)14-9-16-7-12-18(23-3)13-8-16/h5-8,10-13,19H,4,9,14H2,1-3H3,(H,21,22)/t19-/m0/s1. The molecule has 1 amide bonds. The molecular formula is C20H25NO2. The monoisotopic (exact) mass is 311 g/mol. The van der Waals surface area contributed by atoms with Crippen LogP contribution in [-0.4, -0.2) is 13.0 Å². The van der Waals surface area contributed by atoms with E-state index in [-0.39, 0.29) is 11.9 Å². The van der Waals surface area contributed by atoms with E-state index in [1.807, 2.05) is 24.3 Å². The van der Waals surface area contributed by atoms with Crippen LogP contribution in [0.2, 0.25) is 0 Å². The van der Waals surface area contributed by atoms with E-state index in [4.69, 9.17) is 4.74 Å². The highest BCUT2D eigenvalue weighted by molar-refractivity contribution is 5.76. The SMILES string of the molecule is CC[C@H](NC(=O)CCc1ccc(OC)cc1)c1ccc(C)cc1. The van der Waals surface area contributed by atoms with Crippen molar-refractivity contribution in [2.75, 3.05) is 7.11 Å². The number of benzene rings is 2. The van der Waals surface area contributed by atoms with Crippen molar-refractivity contribution in [2.45, 2.75) is 39.2 Å². The number of hydrogen-bond donors (Lipinski definition) is 1. The van der Waals surface area contributed by atoms with Gasteiger partial charge in [0.1, 0.15) is 5.75 Å². The summed E-state index contributed by atoms with van der Waals surface area (Å²) in [4.78, 5) is 12.2. The van der Waals surface area contributed by atoms with Crippen molar-refractivity contribution in [1.29, 1.82) is 0 Å². The molecule has 0 aliphatic carbocycles. The average Bonchev–Trinajstić information content (AvgIpc) is 2.59. The van der Waals surface area contributed by atoms with E-state index in [2.05, 4.69) is 43.4 Å². The van der Waals surface area contributed by atoms with Gasteiger partial charge in [-0.3, -0.25) is 4.79 Å². The van der Waals surface area contributed by atoms with E-state index in [0.717, 1.165) is 29.7 Å². The number of carbonyl (C=O) groups excluding carboxylic acids is 1. The highest BCUT2D eigenvalue weighted by Crippen LogP contribution is 2.18. The zero-order chi connectivity index (χ0) is 16.7. The Labute approximate surface area is 138 Å². The van der Waals surface area contributed by atoms with Crippen molar-refractivity contribution in [1.82, 2.24) is 5.32 Å². The third-order valence-electron chi connectivity index (χ3n) is 4.02. The van der Waals surface area contributed by atoms with E-state index in [1.54, 1.807) is 7.11 Å². The average molecular weight is 311 g/mol. The van der Waals surface area contributed by atoms with E-state index < -0.39 is 0 Å². The Morgan fingerprint density at radius 3 is 2.30 bits per heavy atom. The Bertz CT molecular complexity index is 617. The summed E-state index contributed by atoms with van der Waals surface area (Å²) in [7, 11) is 1.65. The molecule has 0 spiro atoms. The van der Waals surface area contributed by atoms with Crippen LogP contribution in [0, 0.1) is 6.92 Å². The van der Waals surface area contributed by atoms with Gasteiger partial charge in [-0.05, 0) is 43.0 Å². The molecule has 0 bridgehead atoms. The van der Waals surface area contributed by atoms with Gasteiger partial charge in [0.25, 0.3) is 0 Å². The van der Waals surface area contributed by atoms with Gasteiger partial charge in [0.15, 0.2) is 0 Å². The summed E-state index contributed by atoms with van der Waals surface area (Å²) in [6.07, 6.45) is 2.12. The van der Waals surface area contributed by atoms with Crippen molar-refractivity contribution < 1.29 is 9.53 Å². The maximum absolute atomic E-state index is 12.2. The van der Waals surface area contributed by atoms with Crippen LogP contribution in [0.1, 0.15) is 42.5 Å². The lowest BCUT2D eigenvalue weighted by Crippen LogP contribution is -2.28. The number of methoxy groups -OCH3 is 1. The molecule has 0 unspecified atom stereocenters. The van der Waals surface area contributed by atoms with Crippen LogP contribution >= 0.6 is 0 Å². The second kappa shape index (κ2) is 8.37. The molecule has 0 saturated heterocycles. The first-order valence-corrected chi connectivity index (χ1v) is 8.11. The summed E-state index contributed by atoms with van der Waals surface area (Å²) < 4.78 is 5.14. The van der Waals surface area contributed by atoms with Crippen molar-refractivity contribution in [3.63, 3.8) is 0 Å². The molecule has 2 rings (SSSR count). The van der Waals surface area contributed by atoms with Gasteiger partial charge in [-0.25, -0.2) is 0 Å². The summed E-state index contributed by atoms with van der Waals surface area (Å²) in [6, 6.07) is 16.3. The van der Waals surface area contributed by atoms with Gasteiger partial charge in [-0.2, -0.15) is 0 Å². The smallest absolute Gasteiger partial charge is 0.220 e. The minimum atomic E-state index is 0.0824. The van der Waals surface area contributed by atoms with E-state index in [9.17, 15) is 4.79 Å². The van der Waals surface area contributed by atoms with Crippen molar-refractivity contribution in [3.8, 4) is 5.75 Å². The topological polar surface area (TPSA) is 38.3 Å². The quantitative estimate of drug-likeness (QED) is 0.832. The lowest BCUT2D eigenvalue weighted by Gasteiger charge is -2.17. The van der Waals surface area contributed by atoms with Crippen LogP contribution in [0.4, 0.5) is 0 Å². The third-order valence-corrected chi connectivity index (χ3v) is 4.02. The number of amides is 1. The van der Waals surface area contributed by atoms with E-state index >= 15 is 0 Å². The lowest BCUT2D eigenvalue weighted by atomic mass is 10.0. The van der Waals surface area contributed by atoms with Gasteiger partial charge in [0.05, 0.1) is 13.2 Å². The molecule has 0 saturated carbocycles. The lowest BCUT2D eigenvalue weighted by molar-refractivity contribution is -0.121. The molecule has 0 fully saturated rings. The molecule has 0 aromatic heterocycles. The van der Waals surface area contributed by atoms with Gasteiger partial charge < -0.3 is 10.1 Å². The summed E-state index contributed by atoms with van der Waals surface area (Å²) in [5.74, 6) is 0.928. The summed E-state index contributed by atoms with van der Waals surface area (Å²) >= 11 is 0. The van der Waals surface area contributed by atoms with Crippen molar-refractivity contribution >= 4 is 5.91 Å². The van der Waals surface area contributed by atoms with Gasteiger partial charge in [-0.15, -0.1) is 0 Å². The zero-order valence-electron chi connectivity index (χ0n) is 14.1. The van der Waals surface area contributed by atoms with E-state index in [1.165, 1.54) is 5.56 Å². The fourth-order valence-electron chi connectivity index (χ4n) is 2.54. The molecule has 0 heterocycles. The third kappa shape index (κ3) is 5.13. The van der Waals surface area contributed by atoms with Gasteiger partial charge in [0, 0.05) is 6.42 Å². The maximum Gasteiger partial charge on any atom is 0.220 e. The molecule has 2 aromatic rings. The summed E-state index contributed by atoms with van der Waals surface area (Å²) in [6.45, 7) is 4.16. The predicted octanol–water partition coefficient (Wildman–Crippen LogP) is 4.20. The van der Waals surface area contributed by atoms with Crippen LogP contribution in [-0.2, 0) is 11.2 Å². The molecule has 1 N–H and O–H groups in total. The number of rotatable bonds is 7. The largest absolute Gasteiger partial charge is 0.497 e. The fraction of sp³-hybridized carbons (Fsp3) is 0.350. The first-order valence-electron chi connectivity index (χ1n) is 8.11. The van der Waals surface area contributed by atoms with Crippen LogP contribution in [0.25, 0.3) is 0 Å². The molecule has 3 heteroatoms. The fourth-order valence-corrected chi connectivity index (χ4v) is 2.54. The van der Waals surface area contributed by atoms with Crippen LogP contribution in [0.3, 0.4) is 0 Å². The van der Waals surface area contributed by atoms with Crippen LogP contribution in [0.15, 0.2) is 48.5 Å². The molecule has 0 aliphatic heterocycles. The Kier molecular flexibility index (Phi) is 6.21. The minimum absolute atomic E-state index is 0.0824. The summed E-state index contributed by atoms with van der Waals surface area (Å²) in [5.41, 5.74) is 3.54. The highest BCUT2D eigenvalue weighted by atomic mass is 16.5. The van der Waals surface area contributed by atoms with Crippen LogP contribution < -0.4 is 10.1 Å². The Balaban J connectivity index is 1.88. The van der Waals surface area contributed by atoms with E-state index in [0.29, 0.717) is 6.42 Å². The number of aryl methyl sites for hydroxylation is 2. The van der Waals surface area contributed by atoms with Crippen LogP contribution in [0.5, 0.6) is 5.75 Å². The number of hydrogen-bond acceptors (Lipinski definition) is 2. The highest BCUT2D eigenvalue weighted by Gasteiger charge is 2.12. The van der Waals surface area contributed by atoms with Crippen molar-refractivity contribution in [2.24, 2.45) is 0 Å². The molecule has 23 heavy (non-hydrogen) atoms. The van der Waals surface area contributed by atoms with Gasteiger partial charge >= 0.3 is 0 Å². The van der Waals surface area contributed by atoms with Gasteiger partial charge in [-0.1, -0.05) is 48.9 Å². The molecule has 2 aromatic carbocycles. The second-order valence-corrected chi connectivity index (χ2v) is 5.79. The second-order valence-electron chi connectivity index (χ2n) is 5.79. The molecule has 3 nitrogen and oxygen atoms in total. The number of nitrogens with one attached hydrogen (secondary N) is 1. The summed E-state index contributed by atoms with van der Waals surface area (Å²) in [5, 5.41) is 3.13. The number of carbonyl (C=O) groups is 1. The maximum atomic E-state index is 12.2.